The zero-order chi connectivity index (χ0) is 21.1. The zero-order valence-electron chi connectivity index (χ0n) is 18.1. The normalized spacial score (nSPS) is 18.9. The molecule has 1 aromatic heterocycles. The molecule has 160 valence electrons. The lowest BCUT2D eigenvalue weighted by molar-refractivity contribution is -0.130. The van der Waals surface area contributed by atoms with Gasteiger partial charge in [0.25, 0.3) is 0 Å². The number of nitrogens with zero attached hydrogens (tertiary/aromatic N) is 4. The highest BCUT2D eigenvalue weighted by Gasteiger charge is 2.31. The van der Waals surface area contributed by atoms with Gasteiger partial charge in [-0.2, -0.15) is 0 Å². The zero-order valence-corrected chi connectivity index (χ0v) is 18.1. The summed E-state index contributed by atoms with van der Waals surface area (Å²) in [6.07, 6.45) is 3.05. The van der Waals surface area contributed by atoms with Crippen molar-refractivity contribution in [2.24, 2.45) is 0 Å². The van der Waals surface area contributed by atoms with E-state index in [4.69, 9.17) is 14.7 Å². The molecule has 0 aliphatic carbocycles. The van der Waals surface area contributed by atoms with Crippen LogP contribution in [0.4, 0.5) is 5.82 Å². The number of fused-ring (bicyclic) bond motifs is 1. The van der Waals surface area contributed by atoms with E-state index in [2.05, 4.69) is 17.3 Å². The summed E-state index contributed by atoms with van der Waals surface area (Å²) in [5.41, 5.74) is 3.44. The smallest absolute Gasteiger partial charge is 0.222 e. The second-order valence-corrected chi connectivity index (χ2v) is 8.23. The molecule has 1 saturated heterocycles. The Labute approximate surface area is 178 Å². The molecule has 1 fully saturated rings. The van der Waals surface area contributed by atoms with Crippen molar-refractivity contribution in [2.45, 2.75) is 38.1 Å². The highest BCUT2D eigenvalue weighted by Crippen LogP contribution is 2.30. The Balaban J connectivity index is 1.41. The number of likely N-dealkylation sites (tertiary alicyclic amines) is 1. The molecule has 0 radical (unpaired) electrons. The van der Waals surface area contributed by atoms with Gasteiger partial charge in [-0.3, -0.25) is 4.79 Å². The number of hydrogen-bond donors (Lipinski definition) is 1. The van der Waals surface area contributed by atoms with Crippen molar-refractivity contribution in [1.82, 2.24) is 19.8 Å². The maximum Gasteiger partial charge on any atom is 0.222 e. The number of methoxy groups -OCH3 is 1. The first-order valence-corrected chi connectivity index (χ1v) is 10.7. The van der Waals surface area contributed by atoms with E-state index in [0.717, 1.165) is 61.1 Å². The van der Waals surface area contributed by atoms with Gasteiger partial charge in [-0.05, 0) is 31.5 Å². The summed E-state index contributed by atoms with van der Waals surface area (Å²) in [6.45, 7) is 3.37. The van der Waals surface area contributed by atoms with Crippen LogP contribution in [-0.4, -0.2) is 66.5 Å². The van der Waals surface area contributed by atoms with Crippen LogP contribution >= 0.6 is 0 Å². The van der Waals surface area contributed by atoms with Gasteiger partial charge in [0.15, 0.2) is 0 Å². The van der Waals surface area contributed by atoms with Gasteiger partial charge in [0.1, 0.15) is 17.4 Å². The van der Waals surface area contributed by atoms with Crippen molar-refractivity contribution in [3.8, 4) is 5.75 Å². The average Bonchev–Trinajstić information content (AvgIpc) is 3.27. The first kappa shape index (κ1) is 20.6. The lowest BCUT2D eigenvalue weighted by Gasteiger charge is -2.26. The van der Waals surface area contributed by atoms with Gasteiger partial charge in [-0.15, -0.1) is 0 Å². The summed E-state index contributed by atoms with van der Waals surface area (Å²) in [6, 6.07) is 7.90. The van der Waals surface area contributed by atoms with Crippen molar-refractivity contribution in [1.29, 1.82) is 0 Å². The molecular weight excluding hydrogens is 378 g/mol. The largest absolute Gasteiger partial charge is 0.496 e. The molecule has 1 amide bonds. The molecule has 7 heteroatoms. The van der Waals surface area contributed by atoms with Crippen molar-refractivity contribution in [2.75, 3.05) is 46.2 Å². The number of ether oxygens (including phenoxy) is 1. The Morgan fingerprint density at radius 3 is 2.90 bits per heavy atom. The van der Waals surface area contributed by atoms with Gasteiger partial charge in [0.2, 0.25) is 5.91 Å². The number of aryl methyl sites for hydroxylation is 1. The summed E-state index contributed by atoms with van der Waals surface area (Å²) in [4.78, 5) is 26.8. The molecule has 2 aliphatic rings. The topological polar surface area (TPSA) is 70.6 Å². The molecule has 4 rings (SSSR count). The number of aromatic nitrogens is 2. The fourth-order valence-corrected chi connectivity index (χ4v) is 4.46. The van der Waals surface area contributed by atoms with E-state index in [1.54, 1.807) is 7.11 Å². The quantitative estimate of drug-likeness (QED) is 0.790. The molecule has 0 saturated carbocycles. The Bertz CT molecular complexity index is 899. The molecule has 2 aromatic rings. The molecule has 1 N–H and O–H groups in total. The molecule has 1 atom stereocenters. The van der Waals surface area contributed by atoms with E-state index < -0.39 is 0 Å². The number of amides is 1. The average molecular weight is 410 g/mol. The van der Waals surface area contributed by atoms with Crippen molar-refractivity contribution in [3.05, 3.63) is 46.9 Å². The first-order valence-electron chi connectivity index (χ1n) is 10.7. The number of carbonyl (C=O) groups excluding carboxylic acids is 1. The van der Waals surface area contributed by atoms with Gasteiger partial charge in [-0.1, -0.05) is 18.2 Å². The number of benzene rings is 1. The van der Waals surface area contributed by atoms with Crippen LogP contribution < -0.4 is 10.1 Å². The Morgan fingerprint density at radius 2 is 2.10 bits per heavy atom. The summed E-state index contributed by atoms with van der Waals surface area (Å²) in [7, 11) is 5.72. The fraction of sp³-hybridized carbons (Fsp3) is 0.522. The number of nitrogens with one attached hydrogen (secondary N) is 1. The summed E-state index contributed by atoms with van der Waals surface area (Å²) in [5, 5.41) is 3.25. The van der Waals surface area contributed by atoms with E-state index in [1.807, 2.05) is 36.2 Å². The SMILES string of the molecule is CNc1nc([C@H]2CCN(C(=O)CCc3ccccc3OC)C2)nc2c1CN(C)CC2. The van der Waals surface area contributed by atoms with Crippen LogP contribution in [-0.2, 0) is 24.2 Å². The third-order valence-electron chi connectivity index (χ3n) is 6.21. The maximum atomic E-state index is 12.8. The number of rotatable bonds is 6. The van der Waals surface area contributed by atoms with Crippen LogP contribution in [0.25, 0.3) is 0 Å². The van der Waals surface area contributed by atoms with E-state index in [0.29, 0.717) is 19.4 Å². The number of anilines is 1. The molecule has 0 spiro atoms. The number of likely N-dealkylation sites (N-methyl/N-ethyl adjacent to an activating group) is 1. The molecular formula is C23H31N5O2. The van der Waals surface area contributed by atoms with Crippen LogP contribution in [0.15, 0.2) is 24.3 Å². The van der Waals surface area contributed by atoms with Gasteiger partial charge in [0, 0.05) is 57.5 Å². The van der Waals surface area contributed by atoms with Gasteiger partial charge >= 0.3 is 0 Å². The summed E-state index contributed by atoms with van der Waals surface area (Å²) in [5.74, 6) is 3.05. The van der Waals surface area contributed by atoms with E-state index in [1.165, 1.54) is 5.56 Å². The van der Waals surface area contributed by atoms with E-state index >= 15 is 0 Å². The summed E-state index contributed by atoms with van der Waals surface area (Å²) >= 11 is 0. The fourth-order valence-electron chi connectivity index (χ4n) is 4.46. The summed E-state index contributed by atoms with van der Waals surface area (Å²) < 4.78 is 5.40. The van der Waals surface area contributed by atoms with Gasteiger partial charge in [0.05, 0.1) is 12.8 Å². The van der Waals surface area contributed by atoms with Crippen molar-refractivity contribution < 1.29 is 9.53 Å². The van der Waals surface area contributed by atoms with Crippen LogP contribution in [0.5, 0.6) is 5.75 Å². The van der Waals surface area contributed by atoms with Crippen LogP contribution in [0, 0.1) is 0 Å². The predicted molar refractivity (Wildman–Crippen MR) is 117 cm³/mol. The lowest BCUT2D eigenvalue weighted by atomic mass is 10.0. The molecule has 7 nitrogen and oxygen atoms in total. The van der Waals surface area contributed by atoms with Crippen LogP contribution in [0.1, 0.15) is 41.4 Å². The Kier molecular flexibility index (Phi) is 6.18. The predicted octanol–water partition coefficient (Wildman–Crippen LogP) is 2.46. The number of carbonyl (C=O) groups is 1. The van der Waals surface area contributed by atoms with Crippen molar-refractivity contribution in [3.63, 3.8) is 0 Å². The minimum atomic E-state index is 0.192. The second-order valence-electron chi connectivity index (χ2n) is 8.23. The van der Waals surface area contributed by atoms with E-state index in [9.17, 15) is 4.79 Å². The number of hydrogen-bond acceptors (Lipinski definition) is 6. The first-order chi connectivity index (χ1) is 14.6. The standard InChI is InChI=1S/C23H31N5O2/c1-24-23-18-15-27(2)12-11-19(18)25-22(26-23)17-10-13-28(14-17)21(29)9-8-16-6-4-5-7-20(16)30-3/h4-7,17H,8-15H2,1-3H3,(H,24,25,26)/t17-/m0/s1. The Morgan fingerprint density at radius 1 is 1.27 bits per heavy atom. The van der Waals surface area contributed by atoms with Gasteiger partial charge in [-0.25, -0.2) is 9.97 Å². The number of para-hydroxylation sites is 1. The minimum absolute atomic E-state index is 0.192. The second kappa shape index (κ2) is 9.00. The minimum Gasteiger partial charge on any atom is -0.496 e. The van der Waals surface area contributed by atoms with Crippen LogP contribution in [0.2, 0.25) is 0 Å². The monoisotopic (exact) mass is 409 g/mol. The highest BCUT2D eigenvalue weighted by molar-refractivity contribution is 5.77. The molecule has 0 bridgehead atoms. The molecule has 3 heterocycles. The van der Waals surface area contributed by atoms with E-state index in [-0.39, 0.29) is 11.8 Å². The Hall–Kier alpha value is -2.67. The third-order valence-corrected chi connectivity index (χ3v) is 6.21. The molecule has 0 unspecified atom stereocenters. The molecule has 1 aromatic carbocycles. The molecule has 30 heavy (non-hydrogen) atoms. The van der Waals surface area contributed by atoms with Gasteiger partial charge < -0.3 is 19.9 Å². The van der Waals surface area contributed by atoms with Crippen molar-refractivity contribution >= 4 is 11.7 Å². The third kappa shape index (κ3) is 4.26. The maximum absolute atomic E-state index is 12.8. The van der Waals surface area contributed by atoms with Crippen LogP contribution in [0.3, 0.4) is 0 Å². The molecule has 2 aliphatic heterocycles. The highest BCUT2D eigenvalue weighted by atomic mass is 16.5. The lowest BCUT2D eigenvalue weighted by Crippen LogP contribution is -2.30.